The van der Waals surface area contributed by atoms with E-state index in [9.17, 15) is 22.8 Å². The summed E-state index contributed by atoms with van der Waals surface area (Å²) < 4.78 is 24.1. The Kier molecular flexibility index (Phi) is 6.12. The molecule has 0 spiro atoms. The van der Waals surface area contributed by atoms with Gasteiger partial charge in [0.25, 0.3) is 17.4 Å². The maximum atomic E-state index is 12.9. The van der Waals surface area contributed by atoms with Crippen molar-refractivity contribution in [1.29, 1.82) is 0 Å². The number of amides is 2. The van der Waals surface area contributed by atoms with Crippen molar-refractivity contribution in [3.05, 3.63) is 68.6 Å². The summed E-state index contributed by atoms with van der Waals surface area (Å²) in [7, 11) is -3.21. The molecule has 0 radical (unpaired) electrons. The molecule has 1 aromatic carbocycles. The summed E-state index contributed by atoms with van der Waals surface area (Å²) in [6, 6.07) is 9.13. The quantitative estimate of drug-likeness (QED) is 0.731. The van der Waals surface area contributed by atoms with Gasteiger partial charge in [0.15, 0.2) is 0 Å². The molecule has 2 aromatic rings. The summed E-state index contributed by atoms with van der Waals surface area (Å²) in [6.45, 7) is 4.43. The highest BCUT2D eigenvalue weighted by atomic mass is 32.2. The number of sulfone groups is 1. The summed E-state index contributed by atoms with van der Waals surface area (Å²) in [4.78, 5) is 39.7. The number of nitrogens with one attached hydrogen (secondary N) is 1. The van der Waals surface area contributed by atoms with Crippen LogP contribution in [0.25, 0.3) is 0 Å². The van der Waals surface area contributed by atoms with Gasteiger partial charge in [-0.25, -0.2) is 8.42 Å². The number of aryl methyl sites for hydroxylation is 2. The molecular weight excluding hydrogens is 406 g/mol. The summed E-state index contributed by atoms with van der Waals surface area (Å²) >= 11 is 0. The molecule has 2 amide bonds. The predicted molar refractivity (Wildman–Crippen MR) is 113 cm³/mol. The SMILES string of the molecule is Cc1ccc(CNC(=O)c2cc(C)c3n(c2=O)CCN(CCS(C)(=O)=O)C3=O)cc1. The van der Waals surface area contributed by atoms with Gasteiger partial charge in [-0.2, -0.15) is 0 Å². The van der Waals surface area contributed by atoms with Gasteiger partial charge in [0.1, 0.15) is 21.1 Å². The van der Waals surface area contributed by atoms with Gasteiger partial charge in [0.2, 0.25) is 0 Å². The van der Waals surface area contributed by atoms with Crippen LogP contribution in [0.1, 0.15) is 37.5 Å². The lowest BCUT2D eigenvalue weighted by molar-refractivity contribution is 0.0709. The molecule has 8 nitrogen and oxygen atoms in total. The fourth-order valence-electron chi connectivity index (χ4n) is 3.41. The van der Waals surface area contributed by atoms with Gasteiger partial charge in [-0.1, -0.05) is 29.8 Å². The fourth-order valence-corrected chi connectivity index (χ4v) is 3.96. The van der Waals surface area contributed by atoms with E-state index in [0.29, 0.717) is 5.56 Å². The minimum Gasteiger partial charge on any atom is -0.348 e. The van der Waals surface area contributed by atoms with Gasteiger partial charge < -0.3 is 14.8 Å². The van der Waals surface area contributed by atoms with Crippen molar-refractivity contribution in [3.8, 4) is 0 Å². The van der Waals surface area contributed by atoms with E-state index >= 15 is 0 Å². The standard InChI is InChI=1S/C21H25N3O5S/c1-14-4-6-16(7-5-14)13-22-19(25)17-12-15(2)18-21(27)23(10-11-30(3,28)29)8-9-24(18)20(17)26/h4-7,12H,8-11,13H2,1-3H3,(H,22,25). The number of rotatable bonds is 6. The summed E-state index contributed by atoms with van der Waals surface area (Å²) in [5.41, 5.74) is 2.21. The van der Waals surface area contributed by atoms with Gasteiger partial charge in [-0.15, -0.1) is 0 Å². The molecule has 1 N–H and O–H groups in total. The highest BCUT2D eigenvalue weighted by molar-refractivity contribution is 7.90. The van der Waals surface area contributed by atoms with Crippen LogP contribution in [0.3, 0.4) is 0 Å². The Morgan fingerprint density at radius 1 is 1.10 bits per heavy atom. The van der Waals surface area contributed by atoms with Gasteiger partial charge in [0.05, 0.1) is 5.75 Å². The van der Waals surface area contributed by atoms with Crippen molar-refractivity contribution in [3.63, 3.8) is 0 Å². The first-order chi connectivity index (χ1) is 14.1. The van der Waals surface area contributed by atoms with Crippen molar-refractivity contribution >= 4 is 21.7 Å². The van der Waals surface area contributed by atoms with Gasteiger partial charge in [-0.3, -0.25) is 14.4 Å². The Bertz CT molecular complexity index is 1150. The van der Waals surface area contributed by atoms with E-state index in [1.807, 2.05) is 31.2 Å². The number of nitrogens with zero attached hydrogens (tertiary/aromatic N) is 2. The largest absolute Gasteiger partial charge is 0.348 e. The van der Waals surface area contributed by atoms with E-state index in [-0.39, 0.29) is 43.2 Å². The van der Waals surface area contributed by atoms with Crippen molar-refractivity contribution in [2.24, 2.45) is 0 Å². The minimum absolute atomic E-state index is 0.0132. The van der Waals surface area contributed by atoms with Crippen molar-refractivity contribution in [2.75, 3.05) is 25.1 Å². The zero-order valence-electron chi connectivity index (χ0n) is 17.3. The van der Waals surface area contributed by atoms with E-state index in [4.69, 9.17) is 0 Å². The minimum atomic E-state index is -3.21. The molecular formula is C21H25N3O5S. The van der Waals surface area contributed by atoms with Crippen LogP contribution < -0.4 is 10.9 Å². The van der Waals surface area contributed by atoms with Crippen LogP contribution in [0.15, 0.2) is 35.1 Å². The van der Waals surface area contributed by atoms with Crippen molar-refractivity contribution in [2.45, 2.75) is 26.9 Å². The number of carbonyl (C=O) groups is 2. The van der Waals surface area contributed by atoms with E-state index in [1.54, 1.807) is 6.92 Å². The number of carbonyl (C=O) groups excluding carboxylic acids is 2. The molecule has 3 rings (SSSR count). The highest BCUT2D eigenvalue weighted by Crippen LogP contribution is 2.16. The van der Waals surface area contributed by atoms with Crippen LogP contribution in [-0.2, 0) is 22.9 Å². The first-order valence-electron chi connectivity index (χ1n) is 9.62. The predicted octanol–water partition coefficient (Wildman–Crippen LogP) is 0.896. The molecule has 1 aliphatic heterocycles. The Morgan fingerprint density at radius 2 is 1.77 bits per heavy atom. The zero-order chi connectivity index (χ0) is 22.1. The molecule has 0 saturated carbocycles. The monoisotopic (exact) mass is 431 g/mol. The van der Waals surface area contributed by atoms with Crippen LogP contribution >= 0.6 is 0 Å². The first-order valence-corrected chi connectivity index (χ1v) is 11.7. The summed E-state index contributed by atoms with van der Waals surface area (Å²) in [5.74, 6) is -1.03. The Labute approximate surface area is 175 Å². The summed E-state index contributed by atoms with van der Waals surface area (Å²) in [5, 5.41) is 2.75. The molecule has 1 aromatic heterocycles. The second kappa shape index (κ2) is 8.43. The van der Waals surface area contributed by atoms with E-state index in [2.05, 4.69) is 5.32 Å². The molecule has 0 atom stereocenters. The number of fused-ring (bicyclic) bond motifs is 1. The lowest BCUT2D eigenvalue weighted by Gasteiger charge is -2.30. The normalized spacial score (nSPS) is 13.8. The third-order valence-corrected chi connectivity index (χ3v) is 6.04. The molecule has 1 aliphatic rings. The molecule has 0 fully saturated rings. The number of aromatic nitrogens is 1. The van der Waals surface area contributed by atoms with Crippen LogP contribution in [0.5, 0.6) is 0 Å². The van der Waals surface area contributed by atoms with Crippen molar-refractivity contribution < 1.29 is 18.0 Å². The third-order valence-electron chi connectivity index (χ3n) is 5.11. The molecule has 0 saturated heterocycles. The third kappa shape index (κ3) is 4.79. The van der Waals surface area contributed by atoms with Crippen LogP contribution in [0, 0.1) is 13.8 Å². The van der Waals surface area contributed by atoms with Crippen LogP contribution in [0.2, 0.25) is 0 Å². The first kappa shape index (κ1) is 21.8. The average Bonchev–Trinajstić information content (AvgIpc) is 2.68. The van der Waals surface area contributed by atoms with Crippen LogP contribution in [-0.4, -0.2) is 54.8 Å². The molecule has 0 bridgehead atoms. The molecule has 2 heterocycles. The Balaban J connectivity index is 1.81. The molecule has 160 valence electrons. The lowest BCUT2D eigenvalue weighted by atomic mass is 10.1. The number of pyridine rings is 1. The molecule has 0 unspecified atom stereocenters. The molecule has 30 heavy (non-hydrogen) atoms. The number of hydrogen-bond donors (Lipinski definition) is 1. The van der Waals surface area contributed by atoms with Gasteiger partial charge >= 0.3 is 0 Å². The second-order valence-electron chi connectivity index (χ2n) is 7.64. The van der Waals surface area contributed by atoms with E-state index in [0.717, 1.165) is 17.4 Å². The fraction of sp³-hybridized carbons (Fsp3) is 0.381. The Hall–Kier alpha value is -2.94. The lowest BCUT2D eigenvalue weighted by Crippen LogP contribution is -2.47. The Morgan fingerprint density at radius 3 is 2.40 bits per heavy atom. The molecule has 0 aliphatic carbocycles. The second-order valence-corrected chi connectivity index (χ2v) is 9.90. The maximum Gasteiger partial charge on any atom is 0.270 e. The van der Waals surface area contributed by atoms with Crippen LogP contribution in [0.4, 0.5) is 0 Å². The highest BCUT2D eigenvalue weighted by Gasteiger charge is 2.29. The number of hydrogen-bond acceptors (Lipinski definition) is 5. The topological polar surface area (TPSA) is 106 Å². The number of benzene rings is 1. The van der Waals surface area contributed by atoms with Crippen molar-refractivity contribution in [1.82, 2.24) is 14.8 Å². The maximum absolute atomic E-state index is 12.9. The van der Waals surface area contributed by atoms with E-state index in [1.165, 1.54) is 15.5 Å². The smallest absolute Gasteiger partial charge is 0.270 e. The van der Waals surface area contributed by atoms with Gasteiger partial charge in [-0.05, 0) is 31.0 Å². The molecule has 9 heteroatoms. The van der Waals surface area contributed by atoms with E-state index < -0.39 is 27.2 Å². The van der Waals surface area contributed by atoms with Gasteiger partial charge in [0, 0.05) is 32.4 Å². The summed E-state index contributed by atoms with van der Waals surface area (Å²) in [6.07, 6.45) is 1.12. The zero-order valence-corrected chi connectivity index (χ0v) is 18.1. The average molecular weight is 432 g/mol.